The topological polar surface area (TPSA) is 93.5 Å². The Labute approximate surface area is 209 Å². The number of carbonyl (C=O) groups is 1. The van der Waals surface area contributed by atoms with Crippen molar-refractivity contribution in [2.24, 2.45) is 0 Å². The smallest absolute Gasteiger partial charge is 0.368 e. The largest absolute Gasteiger partial charge is 0.476 e. The zero-order valence-corrected chi connectivity index (χ0v) is 21.4. The summed E-state index contributed by atoms with van der Waals surface area (Å²) in [6, 6.07) is 8.88. The number of likely N-dealkylation sites (N-methyl/N-ethyl adjacent to an activating group) is 1. The van der Waals surface area contributed by atoms with Crippen LogP contribution in [-0.2, 0) is 4.79 Å². The van der Waals surface area contributed by atoms with Gasteiger partial charge in [-0.05, 0) is 42.5 Å². The third kappa shape index (κ3) is 6.10. The number of benzene rings is 2. The number of thioether (sulfide) groups is 1. The summed E-state index contributed by atoms with van der Waals surface area (Å²) >= 11 is 1.38. The van der Waals surface area contributed by atoms with Gasteiger partial charge < -0.3 is 14.7 Å². The molecule has 0 aliphatic carbocycles. The molecule has 1 aliphatic heterocycles. The Morgan fingerprint density at radius 3 is 2.54 bits per heavy atom. The van der Waals surface area contributed by atoms with E-state index in [-0.39, 0.29) is 22.5 Å². The number of hydrogen-bond acceptors (Lipinski definition) is 7. The van der Waals surface area contributed by atoms with Gasteiger partial charge in [-0.15, -0.1) is 22.5 Å². The fraction of sp³-hybridized carbons (Fsp3) is 0.375. The summed E-state index contributed by atoms with van der Waals surface area (Å²) in [6.07, 6.45) is 3.01. The van der Waals surface area contributed by atoms with Crippen molar-refractivity contribution >= 4 is 39.9 Å². The summed E-state index contributed by atoms with van der Waals surface area (Å²) < 4.78 is 57.0. The lowest BCUT2D eigenvalue weighted by molar-refractivity contribution is -0.134. The van der Waals surface area contributed by atoms with Crippen LogP contribution in [0.5, 0.6) is 5.75 Å². The van der Waals surface area contributed by atoms with Gasteiger partial charge in [0.2, 0.25) is 5.83 Å². The molecular weight excluding hydrogens is 498 g/mol. The number of hydrogen-bond donors (Lipinski definition) is 3. The molecule has 35 heavy (non-hydrogen) atoms. The Morgan fingerprint density at radius 2 is 1.94 bits per heavy atom. The van der Waals surface area contributed by atoms with Crippen molar-refractivity contribution < 1.29 is 32.5 Å². The molecular formula is C24H30F2N2O5S2. The van der Waals surface area contributed by atoms with Gasteiger partial charge in [0.05, 0.1) is 10.6 Å². The van der Waals surface area contributed by atoms with Crippen LogP contribution >= 0.6 is 22.5 Å². The maximum atomic E-state index is 13.7. The lowest BCUT2D eigenvalue weighted by Gasteiger charge is -2.43. The molecule has 2 aromatic rings. The Morgan fingerprint density at radius 1 is 1.26 bits per heavy atom. The summed E-state index contributed by atoms with van der Waals surface area (Å²) in [5, 5.41) is 8.82. The quantitative estimate of drug-likeness (QED) is 0.184. The van der Waals surface area contributed by atoms with Gasteiger partial charge in [-0.3, -0.25) is 9.11 Å². The molecule has 0 fully saturated rings. The van der Waals surface area contributed by atoms with Gasteiger partial charge in [0.25, 0.3) is 0 Å². The number of halogens is 2. The highest BCUT2D eigenvalue weighted by Gasteiger charge is 2.38. The first-order chi connectivity index (χ1) is 16.6. The molecule has 0 aromatic heterocycles. The number of anilines is 2. The van der Waals surface area contributed by atoms with Crippen LogP contribution in [0.15, 0.2) is 58.3 Å². The number of unbranched alkanes of at least 4 members (excludes halogenated alkanes) is 1. The average Bonchev–Trinajstić information content (AvgIpc) is 2.90. The Bertz CT molecular complexity index is 1080. The molecule has 0 spiro atoms. The summed E-state index contributed by atoms with van der Waals surface area (Å²) in [4.78, 5) is 13.5. The molecule has 0 bridgehead atoms. The van der Waals surface area contributed by atoms with Crippen molar-refractivity contribution in [2.75, 3.05) is 24.2 Å². The molecule has 1 atom stereocenters. The average molecular weight is 529 g/mol. The highest BCUT2D eigenvalue weighted by atomic mass is 32.3. The second-order valence-corrected chi connectivity index (χ2v) is 11.4. The standard InChI is InChI=1S/C24H30F2N2O5S2/c1-4-6-7-18-14-28(17-10-8-16(25)9-11-17)20-12-22(34-5-2)21(33-15-19(26)24(29)30)13-23(20)35(31,32)27(18)3/h8-13,15,18,31-32H,4-7,14H2,1-3H3,(H,29,30)/b19-15-/t18-/m0/s1. The van der Waals surface area contributed by atoms with Crippen LogP contribution < -0.4 is 9.64 Å². The SMILES string of the molecule is CCCC[C@H]1CN(c2ccc(F)cc2)c2cc(SCC)c(O/C=C(\F)C(=O)O)cc2S(O)(O)N1C. The number of aliphatic carboxylic acids is 1. The third-order valence-corrected chi connectivity index (χ3v) is 8.68. The minimum atomic E-state index is -3.50. The van der Waals surface area contributed by atoms with E-state index in [1.165, 1.54) is 30.0 Å². The zero-order chi connectivity index (χ0) is 25.8. The van der Waals surface area contributed by atoms with Crippen LogP contribution in [0.25, 0.3) is 0 Å². The predicted molar refractivity (Wildman–Crippen MR) is 136 cm³/mol. The first-order valence-corrected chi connectivity index (χ1v) is 13.7. The predicted octanol–water partition coefficient (Wildman–Crippen LogP) is 6.88. The minimum absolute atomic E-state index is 0.103. The number of nitrogens with zero attached hydrogens (tertiary/aromatic N) is 2. The van der Waals surface area contributed by atoms with Crippen molar-refractivity contribution in [3.8, 4) is 5.75 Å². The first kappa shape index (κ1) is 27.3. The molecule has 0 radical (unpaired) electrons. The number of carboxylic acids is 1. The Balaban J connectivity index is 2.22. The van der Waals surface area contributed by atoms with E-state index < -0.39 is 22.6 Å². The first-order valence-electron chi connectivity index (χ1n) is 11.2. The van der Waals surface area contributed by atoms with E-state index in [1.54, 1.807) is 29.6 Å². The normalized spacial score (nSPS) is 19.1. The highest BCUT2D eigenvalue weighted by Crippen LogP contribution is 2.60. The maximum absolute atomic E-state index is 13.7. The van der Waals surface area contributed by atoms with Crippen molar-refractivity contribution in [1.82, 2.24) is 4.31 Å². The molecule has 3 rings (SSSR count). The molecule has 7 nitrogen and oxygen atoms in total. The van der Waals surface area contributed by atoms with Crippen LogP contribution in [0.2, 0.25) is 0 Å². The van der Waals surface area contributed by atoms with Crippen LogP contribution in [0.4, 0.5) is 20.2 Å². The molecule has 192 valence electrons. The van der Waals surface area contributed by atoms with E-state index in [4.69, 9.17) is 9.84 Å². The minimum Gasteiger partial charge on any atom is -0.476 e. The summed E-state index contributed by atoms with van der Waals surface area (Å²) in [6.45, 7) is 4.39. The molecule has 0 saturated heterocycles. The number of carboxylic acid groups (broad SMARTS) is 1. The van der Waals surface area contributed by atoms with Gasteiger partial charge in [0, 0.05) is 31.4 Å². The van der Waals surface area contributed by atoms with E-state index in [2.05, 4.69) is 6.92 Å². The van der Waals surface area contributed by atoms with Gasteiger partial charge in [-0.25, -0.2) is 13.5 Å². The summed E-state index contributed by atoms with van der Waals surface area (Å²) in [7, 11) is -1.85. The van der Waals surface area contributed by atoms with E-state index >= 15 is 0 Å². The maximum Gasteiger partial charge on any atom is 0.368 e. The van der Waals surface area contributed by atoms with Gasteiger partial charge in [0.1, 0.15) is 22.7 Å². The van der Waals surface area contributed by atoms with E-state index in [0.29, 0.717) is 41.3 Å². The second-order valence-electron chi connectivity index (χ2n) is 8.04. The highest BCUT2D eigenvalue weighted by molar-refractivity contribution is 8.22. The van der Waals surface area contributed by atoms with Crippen molar-refractivity contribution in [2.45, 2.75) is 48.9 Å². The van der Waals surface area contributed by atoms with Crippen molar-refractivity contribution in [3.63, 3.8) is 0 Å². The van der Waals surface area contributed by atoms with Gasteiger partial charge in [0.15, 0.2) is 0 Å². The van der Waals surface area contributed by atoms with E-state index in [0.717, 1.165) is 12.8 Å². The van der Waals surface area contributed by atoms with Crippen LogP contribution in [0.1, 0.15) is 33.1 Å². The molecule has 0 amide bonds. The lowest BCUT2D eigenvalue weighted by Crippen LogP contribution is -2.39. The summed E-state index contributed by atoms with van der Waals surface area (Å²) in [5.74, 6) is -2.90. The van der Waals surface area contributed by atoms with Crippen molar-refractivity contribution in [1.29, 1.82) is 0 Å². The number of rotatable bonds is 9. The number of ether oxygens (including phenoxy) is 1. The van der Waals surface area contributed by atoms with Gasteiger partial charge in [-0.1, -0.05) is 26.7 Å². The summed E-state index contributed by atoms with van der Waals surface area (Å²) in [5.41, 5.74) is 1.19. The van der Waals surface area contributed by atoms with Crippen LogP contribution in [-0.4, -0.2) is 49.9 Å². The van der Waals surface area contributed by atoms with Crippen molar-refractivity contribution in [3.05, 3.63) is 54.3 Å². The molecule has 11 heteroatoms. The number of fused-ring (bicyclic) bond motifs is 1. The molecule has 0 unspecified atom stereocenters. The van der Waals surface area contributed by atoms with Gasteiger partial charge in [-0.2, -0.15) is 4.39 Å². The van der Waals surface area contributed by atoms with Crippen LogP contribution in [0, 0.1) is 5.82 Å². The molecule has 1 aliphatic rings. The Hall–Kier alpha value is -2.31. The van der Waals surface area contributed by atoms with Gasteiger partial charge >= 0.3 is 5.97 Å². The fourth-order valence-electron chi connectivity index (χ4n) is 3.85. The van der Waals surface area contributed by atoms with E-state index in [9.17, 15) is 22.7 Å². The Kier molecular flexibility index (Phi) is 9.05. The molecule has 3 N–H and O–H groups in total. The third-order valence-electron chi connectivity index (χ3n) is 5.74. The van der Waals surface area contributed by atoms with E-state index in [1.807, 2.05) is 11.8 Å². The second kappa shape index (κ2) is 11.6. The molecule has 2 aromatic carbocycles. The van der Waals surface area contributed by atoms with Crippen LogP contribution in [0.3, 0.4) is 0 Å². The molecule has 0 saturated carbocycles. The monoisotopic (exact) mass is 528 g/mol. The fourth-order valence-corrected chi connectivity index (χ4v) is 6.22. The lowest BCUT2D eigenvalue weighted by atomic mass is 10.1. The zero-order valence-electron chi connectivity index (χ0n) is 19.8. The molecule has 1 heterocycles.